The zero-order valence-corrected chi connectivity index (χ0v) is 12.4. The van der Waals surface area contributed by atoms with E-state index in [9.17, 15) is 4.79 Å². The number of fused-ring (bicyclic) bond motifs is 1. The van der Waals surface area contributed by atoms with Crippen molar-refractivity contribution in [2.75, 3.05) is 0 Å². The second-order valence-corrected chi connectivity index (χ2v) is 6.28. The molecule has 1 aromatic rings. The molecule has 1 saturated carbocycles. The molecule has 96 valence electrons. The van der Waals surface area contributed by atoms with Crippen molar-refractivity contribution in [3.8, 4) is 5.75 Å². The Morgan fingerprint density at radius 1 is 1.44 bits per heavy atom. The van der Waals surface area contributed by atoms with Crippen molar-refractivity contribution in [1.29, 1.82) is 0 Å². The van der Waals surface area contributed by atoms with Crippen LogP contribution in [0.1, 0.15) is 54.1 Å². The van der Waals surface area contributed by atoms with E-state index < -0.39 is 0 Å². The number of benzene rings is 1. The number of halogens is 1. The molecule has 2 nitrogen and oxygen atoms in total. The Labute approximate surface area is 116 Å². The van der Waals surface area contributed by atoms with Crippen LogP contribution < -0.4 is 4.74 Å². The highest BCUT2D eigenvalue weighted by Gasteiger charge is 2.45. The van der Waals surface area contributed by atoms with E-state index in [4.69, 9.17) is 4.74 Å². The van der Waals surface area contributed by atoms with Crippen LogP contribution in [0.2, 0.25) is 0 Å². The van der Waals surface area contributed by atoms with Crippen LogP contribution >= 0.6 is 15.9 Å². The van der Waals surface area contributed by atoms with Crippen molar-refractivity contribution in [3.05, 3.63) is 27.2 Å². The third kappa shape index (κ3) is 1.63. The van der Waals surface area contributed by atoms with Crippen LogP contribution in [0, 0.1) is 6.92 Å². The van der Waals surface area contributed by atoms with Crippen LogP contribution in [0.15, 0.2) is 10.5 Å². The molecule has 0 bridgehead atoms. The summed E-state index contributed by atoms with van der Waals surface area (Å²) < 4.78 is 7.20. The average Bonchev–Trinajstić information content (AvgIpc) is 2.26. The summed E-state index contributed by atoms with van der Waals surface area (Å²) in [6.07, 6.45) is 4.70. The maximum atomic E-state index is 12.4. The number of ketones is 1. The van der Waals surface area contributed by atoms with E-state index in [0.717, 1.165) is 40.6 Å². The SMILES string of the molecule is CCc1c(Br)cc2c(c1C)C(=O)CC1(CCC1)O2. The second kappa shape index (κ2) is 4.09. The highest BCUT2D eigenvalue weighted by atomic mass is 79.9. The smallest absolute Gasteiger partial charge is 0.170 e. The van der Waals surface area contributed by atoms with E-state index in [1.54, 1.807) is 0 Å². The fraction of sp³-hybridized carbons (Fsp3) is 0.533. The largest absolute Gasteiger partial charge is 0.486 e. The molecule has 3 rings (SSSR count). The van der Waals surface area contributed by atoms with Gasteiger partial charge in [0.1, 0.15) is 11.4 Å². The van der Waals surface area contributed by atoms with Gasteiger partial charge in [-0.1, -0.05) is 22.9 Å². The van der Waals surface area contributed by atoms with Gasteiger partial charge in [-0.15, -0.1) is 0 Å². The summed E-state index contributed by atoms with van der Waals surface area (Å²) in [5, 5.41) is 0. The number of ether oxygens (including phenoxy) is 1. The molecule has 0 unspecified atom stereocenters. The molecule has 1 aromatic carbocycles. The summed E-state index contributed by atoms with van der Waals surface area (Å²) in [4.78, 5) is 12.4. The van der Waals surface area contributed by atoms with Crippen LogP contribution in [0.3, 0.4) is 0 Å². The summed E-state index contributed by atoms with van der Waals surface area (Å²) in [6, 6.07) is 1.98. The molecule has 3 heteroatoms. The van der Waals surface area contributed by atoms with Gasteiger partial charge in [-0.2, -0.15) is 0 Å². The number of hydrogen-bond donors (Lipinski definition) is 0. The van der Waals surface area contributed by atoms with Gasteiger partial charge in [0.2, 0.25) is 0 Å². The van der Waals surface area contributed by atoms with Crippen LogP contribution in [-0.4, -0.2) is 11.4 Å². The predicted octanol–water partition coefficient (Wildman–Crippen LogP) is 4.21. The predicted molar refractivity (Wildman–Crippen MR) is 74.4 cm³/mol. The van der Waals surface area contributed by atoms with E-state index in [2.05, 4.69) is 22.9 Å². The molecule has 1 spiro atoms. The fourth-order valence-corrected chi connectivity index (χ4v) is 3.94. The van der Waals surface area contributed by atoms with Crippen LogP contribution in [0.5, 0.6) is 5.75 Å². The van der Waals surface area contributed by atoms with Crippen molar-refractivity contribution in [2.45, 2.75) is 51.6 Å². The lowest BCUT2D eigenvalue weighted by Crippen LogP contribution is -2.47. The Morgan fingerprint density at radius 3 is 2.72 bits per heavy atom. The topological polar surface area (TPSA) is 26.3 Å². The van der Waals surface area contributed by atoms with Gasteiger partial charge in [0.15, 0.2) is 5.78 Å². The van der Waals surface area contributed by atoms with Crippen LogP contribution in [-0.2, 0) is 6.42 Å². The van der Waals surface area contributed by atoms with Gasteiger partial charge in [0.05, 0.1) is 12.0 Å². The zero-order valence-electron chi connectivity index (χ0n) is 10.8. The zero-order chi connectivity index (χ0) is 12.9. The first-order valence-electron chi connectivity index (χ1n) is 6.60. The first-order chi connectivity index (χ1) is 8.56. The molecule has 0 atom stereocenters. The van der Waals surface area contributed by atoms with E-state index in [-0.39, 0.29) is 11.4 Å². The minimum atomic E-state index is -0.177. The van der Waals surface area contributed by atoms with Gasteiger partial charge in [-0.25, -0.2) is 0 Å². The Kier molecular flexibility index (Phi) is 2.77. The highest BCUT2D eigenvalue weighted by molar-refractivity contribution is 9.10. The summed E-state index contributed by atoms with van der Waals surface area (Å²) in [5.41, 5.74) is 2.94. The number of carbonyl (C=O) groups is 1. The van der Waals surface area contributed by atoms with Crippen molar-refractivity contribution in [1.82, 2.24) is 0 Å². The third-order valence-electron chi connectivity index (χ3n) is 4.33. The van der Waals surface area contributed by atoms with Gasteiger partial charge in [-0.3, -0.25) is 4.79 Å². The van der Waals surface area contributed by atoms with Gasteiger partial charge in [-0.05, 0) is 49.8 Å². The molecule has 1 fully saturated rings. The Morgan fingerprint density at radius 2 is 2.17 bits per heavy atom. The number of rotatable bonds is 1. The van der Waals surface area contributed by atoms with E-state index in [0.29, 0.717) is 6.42 Å². The normalized spacial score (nSPS) is 20.3. The molecule has 0 N–H and O–H groups in total. The summed E-state index contributed by atoms with van der Waals surface area (Å²) in [5.74, 6) is 1.04. The van der Waals surface area contributed by atoms with Gasteiger partial charge in [0.25, 0.3) is 0 Å². The van der Waals surface area contributed by atoms with Crippen molar-refractivity contribution < 1.29 is 9.53 Å². The number of hydrogen-bond acceptors (Lipinski definition) is 2. The molecular weight excluding hydrogens is 292 g/mol. The Hall–Kier alpha value is -0.830. The maximum absolute atomic E-state index is 12.4. The third-order valence-corrected chi connectivity index (χ3v) is 5.03. The van der Waals surface area contributed by atoms with Gasteiger partial charge in [0, 0.05) is 4.47 Å². The maximum Gasteiger partial charge on any atom is 0.170 e. The van der Waals surface area contributed by atoms with Crippen LogP contribution in [0.25, 0.3) is 0 Å². The number of carbonyl (C=O) groups excluding carboxylic acids is 1. The lowest BCUT2D eigenvalue weighted by molar-refractivity contribution is -0.0178. The molecule has 0 amide bonds. The monoisotopic (exact) mass is 308 g/mol. The molecular formula is C15H17BrO2. The molecule has 0 aromatic heterocycles. The quantitative estimate of drug-likeness (QED) is 0.777. The van der Waals surface area contributed by atoms with Gasteiger partial charge >= 0.3 is 0 Å². The summed E-state index contributed by atoms with van der Waals surface area (Å²) in [7, 11) is 0. The minimum absolute atomic E-state index is 0.177. The standard InChI is InChI=1S/C15H17BrO2/c1-3-10-9(2)14-12(17)8-15(5-4-6-15)18-13(14)7-11(10)16/h7H,3-6,8H2,1-2H3. The lowest BCUT2D eigenvalue weighted by atomic mass is 9.73. The average molecular weight is 309 g/mol. The minimum Gasteiger partial charge on any atom is -0.486 e. The summed E-state index contributed by atoms with van der Waals surface area (Å²) >= 11 is 3.59. The first-order valence-corrected chi connectivity index (χ1v) is 7.40. The van der Waals surface area contributed by atoms with E-state index in [1.165, 1.54) is 12.0 Å². The summed E-state index contributed by atoms with van der Waals surface area (Å²) in [6.45, 7) is 4.14. The first kappa shape index (κ1) is 12.2. The molecule has 18 heavy (non-hydrogen) atoms. The molecule has 0 radical (unpaired) electrons. The number of Topliss-reactive ketones (excluding diaryl/α,β-unsaturated/α-hetero) is 1. The molecule has 1 aliphatic carbocycles. The molecule has 0 saturated heterocycles. The molecule has 1 aliphatic heterocycles. The van der Waals surface area contributed by atoms with E-state index >= 15 is 0 Å². The van der Waals surface area contributed by atoms with Crippen molar-refractivity contribution >= 4 is 21.7 Å². The molecule has 1 heterocycles. The van der Waals surface area contributed by atoms with Crippen molar-refractivity contribution in [3.63, 3.8) is 0 Å². The van der Waals surface area contributed by atoms with Gasteiger partial charge < -0.3 is 4.74 Å². The van der Waals surface area contributed by atoms with E-state index in [1.807, 2.05) is 13.0 Å². The highest BCUT2D eigenvalue weighted by Crippen LogP contribution is 2.47. The molecule has 2 aliphatic rings. The lowest BCUT2D eigenvalue weighted by Gasteiger charge is -2.45. The van der Waals surface area contributed by atoms with Crippen LogP contribution in [0.4, 0.5) is 0 Å². The Balaban J connectivity index is 2.13. The fourth-order valence-electron chi connectivity index (χ4n) is 3.15. The van der Waals surface area contributed by atoms with Crippen molar-refractivity contribution in [2.24, 2.45) is 0 Å². The Bertz CT molecular complexity index is 530. The second-order valence-electron chi connectivity index (χ2n) is 5.43.